The summed E-state index contributed by atoms with van der Waals surface area (Å²) >= 11 is 0. The van der Waals surface area contributed by atoms with Gasteiger partial charge in [0.1, 0.15) is 0 Å². The summed E-state index contributed by atoms with van der Waals surface area (Å²) in [6.07, 6.45) is 5.69. The summed E-state index contributed by atoms with van der Waals surface area (Å²) in [6.45, 7) is 4.24. The normalized spacial score (nSPS) is 17.4. The molecule has 2 heterocycles. The molecule has 50 heavy (non-hydrogen) atoms. The summed E-state index contributed by atoms with van der Waals surface area (Å²) in [7, 11) is 2.12. The molecular formula is C41H50N4O5. The van der Waals surface area contributed by atoms with Crippen LogP contribution in [0.25, 0.3) is 11.1 Å². The summed E-state index contributed by atoms with van der Waals surface area (Å²) in [5.41, 5.74) is 7.11. The van der Waals surface area contributed by atoms with E-state index in [2.05, 4.69) is 64.0 Å². The van der Waals surface area contributed by atoms with E-state index in [1.54, 1.807) is 0 Å². The third-order valence-electron chi connectivity index (χ3n) is 9.05. The number of aliphatic hydroxyl groups is 1. The first-order valence-corrected chi connectivity index (χ1v) is 17.7. The number of unbranched alkanes of at least 4 members (excludes halogenated alkanes) is 2. The SMILES string of the molecule is CC(=O)NCCCCCC(=O)NCc1ccccc1-c1ccc(C2OC(CN(C)CCc3ccccn3)CC(c3ccc(CO)cc3)O2)cc1. The molecule has 3 atom stereocenters. The number of aromatic nitrogens is 1. The van der Waals surface area contributed by atoms with E-state index >= 15 is 0 Å². The van der Waals surface area contributed by atoms with Gasteiger partial charge in [0.2, 0.25) is 11.8 Å². The molecule has 1 aromatic heterocycles. The highest BCUT2D eigenvalue weighted by atomic mass is 16.7. The van der Waals surface area contributed by atoms with E-state index in [9.17, 15) is 14.7 Å². The Morgan fingerprint density at radius 2 is 1.64 bits per heavy atom. The molecule has 0 saturated carbocycles. The van der Waals surface area contributed by atoms with Crippen molar-refractivity contribution >= 4 is 11.8 Å². The number of carbonyl (C=O) groups excluding carboxylic acids is 2. The van der Waals surface area contributed by atoms with Gasteiger partial charge in [-0.15, -0.1) is 0 Å². The van der Waals surface area contributed by atoms with Crippen molar-refractivity contribution in [3.63, 3.8) is 0 Å². The molecule has 1 aliphatic rings. The second-order valence-corrected chi connectivity index (χ2v) is 13.0. The number of hydrogen-bond acceptors (Lipinski definition) is 7. The van der Waals surface area contributed by atoms with E-state index < -0.39 is 6.29 Å². The fourth-order valence-corrected chi connectivity index (χ4v) is 6.23. The zero-order valence-electron chi connectivity index (χ0n) is 29.2. The number of likely N-dealkylation sites (N-methyl/N-ethyl adjacent to an activating group) is 1. The predicted octanol–water partition coefficient (Wildman–Crippen LogP) is 6.27. The number of ether oxygens (including phenoxy) is 2. The van der Waals surface area contributed by atoms with E-state index in [-0.39, 0.29) is 30.6 Å². The standard InChI is InChI=1S/C41H50N4O5/c1-30(47)42-23-8-3-4-13-40(48)44-27-35-10-5-6-12-38(35)32-18-20-34(21-19-32)41-49-37(28-45(2)25-22-36-11-7-9-24-43-36)26-39(50-41)33-16-14-31(29-46)15-17-33/h5-7,9-12,14-21,24,37,39,41,46H,3-4,8,13,22-23,25-29H2,1-2H3,(H,42,47)(H,44,48). The quantitative estimate of drug-likeness (QED) is 0.113. The van der Waals surface area contributed by atoms with Crippen molar-refractivity contribution in [3.05, 3.63) is 125 Å². The van der Waals surface area contributed by atoms with Crippen molar-refractivity contribution in [2.24, 2.45) is 0 Å². The van der Waals surface area contributed by atoms with Crippen LogP contribution in [0.3, 0.4) is 0 Å². The van der Waals surface area contributed by atoms with Gasteiger partial charge in [-0.05, 0) is 59.8 Å². The lowest BCUT2D eigenvalue weighted by atomic mass is 9.97. The number of hydrogen-bond donors (Lipinski definition) is 3. The molecule has 9 nitrogen and oxygen atoms in total. The minimum Gasteiger partial charge on any atom is -0.392 e. The smallest absolute Gasteiger partial charge is 0.220 e. The van der Waals surface area contributed by atoms with Gasteiger partial charge in [0.05, 0.1) is 18.8 Å². The number of nitrogens with one attached hydrogen (secondary N) is 2. The highest BCUT2D eigenvalue weighted by Gasteiger charge is 2.32. The number of nitrogens with zero attached hydrogens (tertiary/aromatic N) is 2. The van der Waals surface area contributed by atoms with Crippen molar-refractivity contribution in [2.45, 2.75) is 77.1 Å². The van der Waals surface area contributed by atoms with Gasteiger partial charge >= 0.3 is 0 Å². The van der Waals surface area contributed by atoms with Crippen LogP contribution < -0.4 is 10.6 Å². The molecular weight excluding hydrogens is 628 g/mol. The molecule has 1 saturated heterocycles. The maximum atomic E-state index is 12.6. The lowest BCUT2D eigenvalue weighted by Gasteiger charge is -2.38. The first-order valence-electron chi connectivity index (χ1n) is 17.7. The fourth-order valence-electron chi connectivity index (χ4n) is 6.23. The second-order valence-electron chi connectivity index (χ2n) is 13.0. The molecule has 3 N–H and O–H groups in total. The summed E-state index contributed by atoms with van der Waals surface area (Å²) < 4.78 is 13.2. The number of amides is 2. The van der Waals surface area contributed by atoms with Crippen LogP contribution in [0.2, 0.25) is 0 Å². The average Bonchev–Trinajstić information content (AvgIpc) is 3.15. The third kappa shape index (κ3) is 11.3. The Labute approximate surface area is 296 Å². The second kappa shape index (κ2) is 19.1. The molecule has 0 radical (unpaired) electrons. The molecule has 9 heteroatoms. The Balaban J connectivity index is 1.22. The van der Waals surface area contributed by atoms with Crippen LogP contribution in [-0.2, 0) is 38.6 Å². The first-order chi connectivity index (χ1) is 24.4. The van der Waals surface area contributed by atoms with E-state index in [0.29, 0.717) is 19.5 Å². The van der Waals surface area contributed by atoms with Crippen LogP contribution in [0.1, 0.15) is 79.4 Å². The van der Waals surface area contributed by atoms with Crippen LogP contribution in [0, 0.1) is 0 Å². The number of carbonyl (C=O) groups is 2. The van der Waals surface area contributed by atoms with Crippen LogP contribution >= 0.6 is 0 Å². The highest BCUT2D eigenvalue weighted by molar-refractivity contribution is 5.76. The van der Waals surface area contributed by atoms with Crippen LogP contribution in [0.15, 0.2) is 97.2 Å². The Kier molecular flexibility index (Phi) is 14.1. The molecule has 0 spiro atoms. The molecule has 0 bridgehead atoms. The van der Waals surface area contributed by atoms with Gasteiger partial charge in [0.25, 0.3) is 0 Å². The summed E-state index contributed by atoms with van der Waals surface area (Å²) in [5, 5.41) is 15.4. The van der Waals surface area contributed by atoms with Crippen molar-refractivity contribution in [2.75, 3.05) is 26.7 Å². The van der Waals surface area contributed by atoms with E-state index in [4.69, 9.17) is 9.47 Å². The number of pyridine rings is 1. The van der Waals surface area contributed by atoms with Crippen LogP contribution in [0.4, 0.5) is 0 Å². The lowest BCUT2D eigenvalue weighted by Crippen LogP contribution is -2.38. The molecule has 1 aliphatic heterocycles. The van der Waals surface area contributed by atoms with Crippen LogP contribution in [-0.4, -0.2) is 59.6 Å². The molecule has 1 fully saturated rings. The van der Waals surface area contributed by atoms with Crippen molar-refractivity contribution in [1.82, 2.24) is 20.5 Å². The zero-order chi connectivity index (χ0) is 35.1. The molecule has 5 rings (SSSR count). The number of aliphatic hydroxyl groups excluding tert-OH is 1. The Morgan fingerprint density at radius 3 is 2.38 bits per heavy atom. The summed E-state index contributed by atoms with van der Waals surface area (Å²) in [4.78, 5) is 30.3. The van der Waals surface area contributed by atoms with Gasteiger partial charge in [0.15, 0.2) is 6.29 Å². The Bertz CT molecular complexity index is 1630. The van der Waals surface area contributed by atoms with E-state index in [0.717, 1.165) is 84.3 Å². The minimum atomic E-state index is -0.540. The number of benzene rings is 3. The summed E-state index contributed by atoms with van der Waals surface area (Å²) in [5.74, 6) is 0.00123. The monoisotopic (exact) mass is 678 g/mol. The fraction of sp³-hybridized carbons (Fsp3) is 0.390. The van der Waals surface area contributed by atoms with Gasteiger partial charge < -0.3 is 30.1 Å². The highest BCUT2D eigenvalue weighted by Crippen LogP contribution is 2.38. The largest absolute Gasteiger partial charge is 0.392 e. The van der Waals surface area contributed by atoms with E-state index in [1.165, 1.54) is 6.92 Å². The maximum Gasteiger partial charge on any atom is 0.220 e. The predicted molar refractivity (Wildman–Crippen MR) is 195 cm³/mol. The first kappa shape index (κ1) is 36.9. The van der Waals surface area contributed by atoms with Crippen molar-refractivity contribution < 1.29 is 24.2 Å². The Morgan fingerprint density at radius 1 is 0.880 bits per heavy atom. The van der Waals surface area contributed by atoms with Gasteiger partial charge in [-0.1, -0.05) is 85.3 Å². The molecule has 264 valence electrons. The summed E-state index contributed by atoms with van der Waals surface area (Å²) in [6, 6.07) is 30.4. The van der Waals surface area contributed by atoms with E-state index in [1.807, 2.05) is 60.8 Å². The van der Waals surface area contributed by atoms with Gasteiger partial charge in [-0.2, -0.15) is 0 Å². The topological polar surface area (TPSA) is 113 Å². The lowest BCUT2D eigenvalue weighted by molar-refractivity contribution is -0.252. The van der Waals surface area contributed by atoms with Crippen molar-refractivity contribution in [1.29, 1.82) is 0 Å². The molecule has 4 aromatic rings. The van der Waals surface area contributed by atoms with Gasteiger partial charge in [-0.3, -0.25) is 14.6 Å². The Hall–Kier alpha value is -4.41. The average molecular weight is 679 g/mol. The molecule has 3 aromatic carbocycles. The molecule has 2 amide bonds. The number of rotatable bonds is 17. The third-order valence-corrected chi connectivity index (χ3v) is 9.05. The van der Waals surface area contributed by atoms with Gasteiger partial charge in [0, 0.05) is 69.8 Å². The van der Waals surface area contributed by atoms with Gasteiger partial charge in [-0.25, -0.2) is 0 Å². The van der Waals surface area contributed by atoms with Crippen LogP contribution in [0.5, 0.6) is 0 Å². The molecule has 3 unspecified atom stereocenters. The molecule has 0 aliphatic carbocycles. The zero-order valence-corrected chi connectivity index (χ0v) is 29.2. The maximum absolute atomic E-state index is 12.6. The minimum absolute atomic E-state index is 0.00516. The van der Waals surface area contributed by atoms with Crippen molar-refractivity contribution in [3.8, 4) is 11.1 Å².